The second-order valence-corrected chi connectivity index (χ2v) is 6.90. The van der Waals surface area contributed by atoms with Gasteiger partial charge in [0.25, 0.3) is 5.91 Å². The maximum Gasteiger partial charge on any atom is 0.295 e. The van der Waals surface area contributed by atoms with Crippen LogP contribution in [0.4, 0.5) is 0 Å². The smallest absolute Gasteiger partial charge is 0.295 e. The molecule has 0 saturated heterocycles. The quantitative estimate of drug-likeness (QED) is 0.423. The van der Waals surface area contributed by atoms with Crippen LogP contribution in [-0.4, -0.2) is 33.8 Å². The first-order valence-corrected chi connectivity index (χ1v) is 8.81. The van der Waals surface area contributed by atoms with Gasteiger partial charge in [-0.2, -0.15) is 0 Å². The standard InChI is InChI=1S/C22H20N2O3/c1-15-3-5-16(6-4-15)9-10-22(11-12-22)24(26)21(25)20-14-17-13-18(27-2)7-8-19(17)23-20/h3-8,13-14,23,26H,11-12H2,1-2H3. The maximum absolute atomic E-state index is 12.8. The average Bonchev–Trinajstić information content (AvgIpc) is 3.36. The lowest BCUT2D eigenvalue weighted by atomic mass is 10.1. The van der Waals surface area contributed by atoms with Crippen molar-refractivity contribution in [3.8, 4) is 17.6 Å². The first-order chi connectivity index (χ1) is 13.0. The van der Waals surface area contributed by atoms with Crippen LogP contribution in [-0.2, 0) is 0 Å². The van der Waals surface area contributed by atoms with Gasteiger partial charge in [-0.15, -0.1) is 0 Å². The molecule has 2 N–H and O–H groups in total. The summed E-state index contributed by atoms with van der Waals surface area (Å²) in [4.78, 5) is 15.8. The summed E-state index contributed by atoms with van der Waals surface area (Å²) in [5, 5.41) is 12.2. The summed E-state index contributed by atoms with van der Waals surface area (Å²) in [6.45, 7) is 2.02. The molecule has 5 heteroatoms. The molecule has 0 aliphatic heterocycles. The van der Waals surface area contributed by atoms with Gasteiger partial charge in [-0.3, -0.25) is 10.0 Å². The number of H-pyrrole nitrogens is 1. The zero-order chi connectivity index (χ0) is 19.0. The molecule has 1 fully saturated rings. The van der Waals surface area contributed by atoms with E-state index in [2.05, 4.69) is 16.8 Å². The van der Waals surface area contributed by atoms with Gasteiger partial charge in [-0.1, -0.05) is 29.5 Å². The Kier molecular flexibility index (Phi) is 4.14. The number of amides is 1. The molecule has 27 heavy (non-hydrogen) atoms. The van der Waals surface area contributed by atoms with Crippen molar-refractivity contribution in [2.75, 3.05) is 7.11 Å². The predicted octanol–water partition coefficient (Wildman–Crippen LogP) is 3.90. The third kappa shape index (κ3) is 3.27. The molecule has 1 saturated carbocycles. The number of nitrogens with zero attached hydrogens (tertiary/aromatic N) is 1. The molecule has 1 aliphatic carbocycles. The molecule has 1 aromatic heterocycles. The molecular formula is C22H20N2O3. The molecule has 136 valence electrons. The van der Waals surface area contributed by atoms with Crippen LogP contribution >= 0.6 is 0 Å². The molecular weight excluding hydrogens is 340 g/mol. The average molecular weight is 360 g/mol. The van der Waals surface area contributed by atoms with E-state index in [0.29, 0.717) is 24.3 Å². The summed E-state index contributed by atoms with van der Waals surface area (Å²) in [5.41, 5.74) is 2.35. The van der Waals surface area contributed by atoms with E-state index in [9.17, 15) is 10.0 Å². The minimum absolute atomic E-state index is 0.323. The van der Waals surface area contributed by atoms with Crippen LogP contribution < -0.4 is 4.74 Å². The summed E-state index contributed by atoms with van der Waals surface area (Å²) < 4.78 is 5.21. The third-order valence-electron chi connectivity index (χ3n) is 4.87. The minimum Gasteiger partial charge on any atom is -0.497 e. The van der Waals surface area contributed by atoms with E-state index in [4.69, 9.17) is 4.74 Å². The molecule has 2 aromatic carbocycles. The van der Waals surface area contributed by atoms with E-state index in [1.165, 1.54) is 0 Å². The zero-order valence-corrected chi connectivity index (χ0v) is 15.2. The Morgan fingerprint density at radius 1 is 1.19 bits per heavy atom. The van der Waals surface area contributed by atoms with Crippen LogP contribution in [0.2, 0.25) is 0 Å². The molecule has 0 radical (unpaired) electrons. The van der Waals surface area contributed by atoms with Gasteiger partial charge in [0, 0.05) is 16.5 Å². The van der Waals surface area contributed by atoms with Gasteiger partial charge in [0.15, 0.2) is 0 Å². The molecule has 0 atom stereocenters. The Morgan fingerprint density at radius 2 is 1.93 bits per heavy atom. The fourth-order valence-corrected chi connectivity index (χ4v) is 2.99. The van der Waals surface area contributed by atoms with Crippen LogP contribution in [0.1, 0.15) is 34.5 Å². The fourth-order valence-electron chi connectivity index (χ4n) is 2.99. The number of fused-ring (bicyclic) bond motifs is 1. The van der Waals surface area contributed by atoms with Crippen molar-refractivity contribution in [3.63, 3.8) is 0 Å². The fraction of sp³-hybridized carbons (Fsp3) is 0.227. The first kappa shape index (κ1) is 17.2. The van der Waals surface area contributed by atoms with Crippen molar-refractivity contribution in [2.24, 2.45) is 0 Å². The molecule has 0 unspecified atom stereocenters. The van der Waals surface area contributed by atoms with E-state index >= 15 is 0 Å². The lowest BCUT2D eigenvalue weighted by molar-refractivity contribution is -0.0829. The van der Waals surface area contributed by atoms with Gasteiger partial charge in [-0.05, 0) is 56.2 Å². The number of aromatic amines is 1. The van der Waals surface area contributed by atoms with E-state index in [0.717, 1.165) is 27.1 Å². The second kappa shape index (κ2) is 6.49. The normalized spacial score (nSPS) is 14.3. The summed E-state index contributed by atoms with van der Waals surface area (Å²) >= 11 is 0. The second-order valence-electron chi connectivity index (χ2n) is 6.90. The molecule has 0 bridgehead atoms. The Bertz CT molecular complexity index is 1070. The van der Waals surface area contributed by atoms with Gasteiger partial charge in [0.05, 0.1) is 7.11 Å². The molecule has 3 aromatic rings. The molecule has 1 heterocycles. The number of benzene rings is 2. The van der Waals surface area contributed by atoms with Crippen LogP contribution in [0.25, 0.3) is 10.9 Å². The van der Waals surface area contributed by atoms with E-state index < -0.39 is 11.4 Å². The van der Waals surface area contributed by atoms with E-state index in [1.807, 2.05) is 49.4 Å². The Labute approximate surface area is 157 Å². The van der Waals surface area contributed by atoms with Crippen molar-refractivity contribution in [2.45, 2.75) is 25.3 Å². The lowest BCUT2D eigenvalue weighted by Gasteiger charge is -2.20. The number of aromatic nitrogens is 1. The van der Waals surface area contributed by atoms with E-state index in [-0.39, 0.29) is 0 Å². The van der Waals surface area contributed by atoms with Crippen molar-refractivity contribution >= 4 is 16.8 Å². The van der Waals surface area contributed by atoms with Gasteiger partial charge in [-0.25, -0.2) is 5.06 Å². The summed E-state index contributed by atoms with van der Waals surface area (Å²) in [7, 11) is 1.60. The number of aryl methyl sites for hydroxylation is 1. The highest BCUT2D eigenvalue weighted by molar-refractivity contribution is 5.98. The SMILES string of the molecule is COc1ccc2[nH]c(C(=O)N(O)C3(C#Cc4ccc(C)cc4)CC3)cc2c1. The summed E-state index contributed by atoms with van der Waals surface area (Å²) in [6.07, 6.45) is 1.31. The number of hydrogen-bond acceptors (Lipinski definition) is 3. The summed E-state index contributed by atoms with van der Waals surface area (Å²) in [6, 6.07) is 15.1. The summed E-state index contributed by atoms with van der Waals surface area (Å²) in [5.74, 6) is 6.38. The number of carbonyl (C=O) groups is 1. The molecule has 1 amide bonds. The number of hydrogen-bond donors (Lipinski definition) is 2. The Hall–Kier alpha value is -3.23. The topological polar surface area (TPSA) is 65.6 Å². The van der Waals surface area contributed by atoms with E-state index in [1.54, 1.807) is 13.2 Å². The molecule has 0 spiro atoms. The number of hydroxylamine groups is 2. The van der Waals surface area contributed by atoms with Crippen molar-refractivity contribution in [1.82, 2.24) is 10.0 Å². The maximum atomic E-state index is 12.8. The van der Waals surface area contributed by atoms with Crippen molar-refractivity contribution in [3.05, 3.63) is 65.4 Å². The van der Waals surface area contributed by atoms with Gasteiger partial charge in [0.1, 0.15) is 17.0 Å². The molecule has 4 rings (SSSR count). The van der Waals surface area contributed by atoms with Gasteiger partial charge >= 0.3 is 0 Å². The number of carbonyl (C=O) groups excluding carboxylic acids is 1. The highest BCUT2D eigenvalue weighted by Crippen LogP contribution is 2.41. The molecule has 5 nitrogen and oxygen atoms in total. The largest absolute Gasteiger partial charge is 0.497 e. The molecule has 1 aliphatic rings. The zero-order valence-electron chi connectivity index (χ0n) is 15.2. The van der Waals surface area contributed by atoms with Crippen molar-refractivity contribution < 1.29 is 14.7 Å². The van der Waals surface area contributed by atoms with Crippen LogP contribution in [0, 0.1) is 18.8 Å². The van der Waals surface area contributed by atoms with Crippen LogP contribution in [0.15, 0.2) is 48.5 Å². The number of nitrogens with one attached hydrogen (secondary N) is 1. The highest BCUT2D eigenvalue weighted by Gasteiger charge is 2.50. The number of rotatable bonds is 3. The Balaban J connectivity index is 1.57. The number of methoxy groups -OCH3 is 1. The van der Waals surface area contributed by atoms with Crippen LogP contribution in [0.5, 0.6) is 5.75 Å². The van der Waals surface area contributed by atoms with Crippen molar-refractivity contribution in [1.29, 1.82) is 0 Å². The highest BCUT2D eigenvalue weighted by atomic mass is 16.5. The first-order valence-electron chi connectivity index (χ1n) is 8.81. The minimum atomic E-state index is -0.809. The third-order valence-corrected chi connectivity index (χ3v) is 4.87. The monoisotopic (exact) mass is 360 g/mol. The lowest BCUT2D eigenvalue weighted by Crippen LogP contribution is -2.38. The van der Waals surface area contributed by atoms with Crippen LogP contribution in [0.3, 0.4) is 0 Å². The predicted molar refractivity (Wildman–Crippen MR) is 103 cm³/mol. The number of ether oxygens (including phenoxy) is 1. The Morgan fingerprint density at radius 3 is 2.59 bits per heavy atom. The van der Waals surface area contributed by atoms with Gasteiger partial charge in [0.2, 0.25) is 0 Å². The van der Waals surface area contributed by atoms with Gasteiger partial charge < -0.3 is 9.72 Å².